The topological polar surface area (TPSA) is 102 Å². The maximum absolute atomic E-state index is 11.3. The maximum atomic E-state index is 11.3. The molecule has 1 aromatic heterocycles. The van der Waals surface area contributed by atoms with Gasteiger partial charge in [0.25, 0.3) is 0 Å². The molecule has 0 atom stereocenters. The molecule has 7 nitrogen and oxygen atoms in total. The number of nitrogens with zero attached hydrogens (tertiary/aromatic N) is 3. The normalized spacial score (nSPS) is 18.8. The second-order valence-corrected chi connectivity index (χ2v) is 7.61. The number of nitrogens with two attached hydrogens (primary N) is 1. The van der Waals surface area contributed by atoms with Crippen LogP contribution in [0.4, 0.5) is 0 Å². The quantitative estimate of drug-likeness (QED) is 0.850. The first kappa shape index (κ1) is 15.4. The summed E-state index contributed by atoms with van der Waals surface area (Å²) in [5.74, 6) is 1.81. The number of hydrogen-bond acceptors (Lipinski definition) is 6. The summed E-state index contributed by atoms with van der Waals surface area (Å²) >= 11 is 0. The van der Waals surface area contributed by atoms with E-state index in [0.717, 1.165) is 12.2 Å². The van der Waals surface area contributed by atoms with Crippen LogP contribution < -0.4 is 5.14 Å². The summed E-state index contributed by atoms with van der Waals surface area (Å²) in [4.78, 5) is 6.47. The van der Waals surface area contributed by atoms with E-state index in [0.29, 0.717) is 44.3 Å². The number of piperidine rings is 1. The Morgan fingerprint density at radius 3 is 2.60 bits per heavy atom. The Bertz CT molecular complexity index is 533. The van der Waals surface area contributed by atoms with Crippen LogP contribution in [0.25, 0.3) is 0 Å². The van der Waals surface area contributed by atoms with Crippen LogP contribution in [0.3, 0.4) is 0 Å². The van der Waals surface area contributed by atoms with Crippen molar-refractivity contribution in [1.29, 1.82) is 0 Å². The predicted octanol–water partition coefficient (Wildman–Crippen LogP) is 0.521. The minimum atomic E-state index is -3.41. The Hall–Kier alpha value is -0.990. The van der Waals surface area contributed by atoms with Gasteiger partial charge < -0.3 is 4.52 Å². The molecule has 2 N–H and O–H groups in total. The lowest BCUT2D eigenvalue weighted by Gasteiger charge is -2.29. The Balaban J connectivity index is 1.85. The van der Waals surface area contributed by atoms with Crippen LogP contribution in [-0.4, -0.2) is 41.8 Å². The van der Waals surface area contributed by atoms with E-state index in [1.54, 1.807) is 0 Å². The van der Waals surface area contributed by atoms with Crippen molar-refractivity contribution in [1.82, 2.24) is 15.0 Å². The van der Waals surface area contributed by atoms with E-state index in [2.05, 4.69) is 28.9 Å². The fourth-order valence-electron chi connectivity index (χ4n) is 2.39. The zero-order chi connectivity index (χ0) is 14.8. The van der Waals surface area contributed by atoms with Crippen LogP contribution in [0, 0.1) is 5.92 Å². The number of sulfonamides is 1. The van der Waals surface area contributed by atoms with E-state index in [1.165, 1.54) is 0 Å². The molecule has 0 spiro atoms. The molecule has 2 heterocycles. The molecule has 0 aromatic carbocycles. The number of rotatable bonds is 5. The average molecular weight is 302 g/mol. The van der Waals surface area contributed by atoms with Crippen LogP contribution >= 0.6 is 0 Å². The summed E-state index contributed by atoms with van der Waals surface area (Å²) < 4.78 is 27.8. The first-order valence-corrected chi connectivity index (χ1v) is 8.51. The smallest absolute Gasteiger partial charge is 0.240 e. The van der Waals surface area contributed by atoms with E-state index in [4.69, 9.17) is 9.66 Å². The van der Waals surface area contributed by atoms with Gasteiger partial charge in [-0.3, -0.25) is 4.90 Å². The predicted molar refractivity (Wildman–Crippen MR) is 74.2 cm³/mol. The molecule has 8 heteroatoms. The minimum Gasteiger partial charge on any atom is -0.338 e. The summed E-state index contributed by atoms with van der Waals surface area (Å²) in [7, 11) is -3.41. The summed E-state index contributed by atoms with van der Waals surface area (Å²) in [6.45, 7) is 6.15. The van der Waals surface area contributed by atoms with Gasteiger partial charge in [0.15, 0.2) is 5.82 Å². The Morgan fingerprint density at radius 1 is 1.40 bits per heavy atom. The van der Waals surface area contributed by atoms with Crippen molar-refractivity contribution in [2.45, 2.75) is 44.9 Å². The molecule has 0 aliphatic carbocycles. The lowest BCUT2D eigenvalue weighted by atomic mass is 10.1. The van der Waals surface area contributed by atoms with Crippen LogP contribution in [0.1, 0.15) is 38.4 Å². The van der Waals surface area contributed by atoms with Gasteiger partial charge in [-0.25, -0.2) is 13.6 Å². The van der Waals surface area contributed by atoms with E-state index in [-0.39, 0.29) is 0 Å². The molecule has 0 saturated carbocycles. The second-order valence-electron chi connectivity index (χ2n) is 5.77. The summed E-state index contributed by atoms with van der Waals surface area (Å²) in [6.07, 6.45) is 1.93. The average Bonchev–Trinajstić information content (AvgIpc) is 2.75. The van der Waals surface area contributed by atoms with Crippen molar-refractivity contribution in [3.63, 3.8) is 0 Å². The highest BCUT2D eigenvalue weighted by atomic mass is 32.2. The minimum absolute atomic E-state index is 0.419. The maximum Gasteiger partial charge on any atom is 0.240 e. The molecule has 0 radical (unpaired) electrons. The zero-order valence-electron chi connectivity index (χ0n) is 11.9. The molecule has 0 unspecified atom stereocenters. The number of primary sulfonamides is 1. The standard InChI is InChI=1S/C12H22N4O3S/c1-9(2)7-11-14-12(19-15-11)8-16-5-3-10(4-6-16)20(13,17)18/h9-10H,3-8H2,1-2H3,(H2,13,17,18). The largest absolute Gasteiger partial charge is 0.338 e. The van der Waals surface area contributed by atoms with Crippen molar-refractivity contribution in [2.75, 3.05) is 13.1 Å². The Kier molecular flexibility index (Phi) is 4.77. The van der Waals surface area contributed by atoms with Crippen LogP contribution in [0.5, 0.6) is 0 Å². The molecule has 1 aromatic rings. The monoisotopic (exact) mass is 302 g/mol. The van der Waals surface area contributed by atoms with Gasteiger partial charge in [0, 0.05) is 6.42 Å². The van der Waals surface area contributed by atoms with Crippen molar-refractivity contribution in [2.24, 2.45) is 11.1 Å². The van der Waals surface area contributed by atoms with Crippen LogP contribution in [0.2, 0.25) is 0 Å². The van der Waals surface area contributed by atoms with Crippen molar-refractivity contribution in [3.8, 4) is 0 Å². The highest BCUT2D eigenvalue weighted by molar-refractivity contribution is 7.89. The molecule has 1 saturated heterocycles. The van der Waals surface area contributed by atoms with Gasteiger partial charge in [0.2, 0.25) is 15.9 Å². The van der Waals surface area contributed by atoms with Gasteiger partial charge in [-0.15, -0.1) is 0 Å². The first-order valence-electron chi connectivity index (χ1n) is 6.90. The lowest BCUT2D eigenvalue weighted by Crippen LogP contribution is -2.41. The second kappa shape index (κ2) is 6.19. The van der Waals surface area contributed by atoms with Gasteiger partial charge in [-0.2, -0.15) is 4.98 Å². The number of likely N-dealkylation sites (tertiary alicyclic amines) is 1. The van der Waals surface area contributed by atoms with Crippen LogP contribution in [-0.2, 0) is 23.0 Å². The number of hydrogen-bond donors (Lipinski definition) is 1. The molecule has 0 bridgehead atoms. The SMILES string of the molecule is CC(C)Cc1noc(CN2CCC(S(N)(=O)=O)CC2)n1. The third-order valence-corrected chi connectivity index (χ3v) is 4.86. The lowest BCUT2D eigenvalue weighted by molar-refractivity contribution is 0.194. The molecular formula is C12H22N4O3S. The number of aromatic nitrogens is 2. The summed E-state index contributed by atoms with van der Waals surface area (Å²) in [5.41, 5.74) is 0. The van der Waals surface area contributed by atoms with Gasteiger partial charge in [-0.1, -0.05) is 19.0 Å². The third-order valence-electron chi connectivity index (χ3n) is 3.46. The molecule has 2 rings (SSSR count). The molecule has 1 aliphatic rings. The highest BCUT2D eigenvalue weighted by Gasteiger charge is 2.27. The van der Waals surface area contributed by atoms with E-state index >= 15 is 0 Å². The van der Waals surface area contributed by atoms with Crippen molar-refractivity contribution in [3.05, 3.63) is 11.7 Å². The fraction of sp³-hybridized carbons (Fsp3) is 0.833. The molecule has 1 fully saturated rings. The van der Waals surface area contributed by atoms with Gasteiger partial charge in [-0.05, 0) is 31.8 Å². The molecule has 1 aliphatic heterocycles. The van der Waals surface area contributed by atoms with Crippen molar-refractivity contribution >= 4 is 10.0 Å². The van der Waals surface area contributed by atoms with E-state index in [1.807, 2.05) is 0 Å². The van der Waals surface area contributed by atoms with Gasteiger partial charge in [0.05, 0.1) is 11.8 Å². The highest BCUT2D eigenvalue weighted by Crippen LogP contribution is 2.17. The zero-order valence-corrected chi connectivity index (χ0v) is 12.8. The van der Waals surface area contributed by atoms with E-state index < -0.39 is 15.3 Å². The molecule has 0 amide bonds. The van der Waals surface area contributed by atoms with Crippen LogP contribution in [0.15, 0.2) is 4.52 Å². The first-order chi connectivity index (χ1) is 9.34. The van der Waals surface area contributed by atoms with Gasteiger partial charge >= 0.3 is 0 Å². The molecule has 20 heavy (non-hydrogen) atoms. The molecular weight excluding hydrogens is 280 g/mol. The fourth-order valence-corrected chi connectivity index (χ4v) is 3.26. The summed E-state index contributed by atoms with van der Waals surface area (Å²) in [6, 6.07) is 0. The summed E-state index contributed by atoms with van der Waals surface area (Å²) in [5, 5.41) is 8.70. The van der Waals surface area contributed by atoms with Crippen molar-refractivity contribution < 1.29 is 12.9 Å². The Labute approximate surface area is 119 Å². The molecule has 114 valence electrons. The third kappa shape index (κ3) is 4.26. The van der Waals surface area contributed by atoms with Gasteiger partial charge in [0.1, 0.15) is 0 Å². The van der Waals surface area contributed by atoms with E-state index in [9.17, 15) is 8.42 Å². The Morgan fingerprint density at radius 2 is 2.05 bits per heavy atom.